The van der Waals surface area contributed by atoms with E-state index in [4.69, 9.17) is 5.73 Å². The van der Waals surface area contributed by atoms with Crippen molar-refractivity contribution >= 4 is 5.97 Å². The van der Waals surface area contributed by atoms with Crippen LogP contribution in [0.4, 0.5) is 0 Å². The third-order valence-corrected chi connectivity index (χ3v) is 1.67. The maximum absolute atomic E-state index is 10.8. The molecule has 0 fully saturated rings. The van der Waals surface area contributed by atoms with E-state index >= 15 is 0 Å². The number of hydrogen-bond acceptors (Lipinski definition) is 5. The Morgan fingerprint density at radius 1 is 1.85 bits per heavy atom. The van der Waals surface area contributed by atoms with E-state index in [1.54, 1.807) is 0 Å². The number of hydrogen-bond donors (Lipinski definition) is 2. The third-order valence-electron chi connectivity index (χ3n) is 1.67. The number of carbonyl (C=O) groups excluding carboxylic acids is 1. The summed E-state index contributed by atoms with van der Waals surface area (Å²) in [5, 5.41) is 6.30. The van der Waals surface area contributed by atoms with Crippen LogP contribution in [0.15, 0.2) is 6.33 Å². The summed E-state index contributed by atoms with van der Waals surface area (Å²) in [6, 6.07) is -0.290. The molecule has 3 N–H and O–H groups in total. The average molecular weight is 184 g/mol. The predicted octanol–water partition coefficient (Wildman–Crippen LogP) is -0.242. The quantitative estimate of drug-likeness (QED) is 0.630. The molecule has 0 radical (unpaired) electrons. The van der Waals surface area contributed by atoms with Crippen molar-refractivity contribution in [2.75, 3.05) is 7.11 Å². The van der Waals surface area contributed by atoms with Crippen molar-refractivity contribution in [1.29, 1.82) is 0 Å². The summed E-state index contributed by atoms with van der Waals surface area (Å²) in [4.78, 5) is 14.6. The number of aromatic amines is 1. The second kappa shape index (κ2) is 4.56. The van der Waals surface area contributed by atoms with E-state index in [2.05, 4.69) is 19.9 Å². The molecule has 0 amide bonds. The van der Waals surface area contributed by atoms with Crippen molar-refractivity contribution in [3.05, 3.63) is 12.2 Å². The molecule has 1 aromatic rings. The number of rotatable bonds is 4. The molecule has 0 spiro atoms. The van der Waals surface area contributed by atoms with E-state index in [9.17, 15) is 4.79 Å². The molecular weight excluding hydrogens is 172 g/mol. The van der Waals surface area contributed by atoms with Gasteiger partial charge in [0.2, 0.25) is 0 Å². The highest BCUT2D eigenvalue weighted by Crippen LogP contribution is 2.09. The highest BCUT2D eigenvalue weighted by molar-refractivity contribution is 5.69. The SMILES string of the molecule is COC(=O)CCC(N)c1ncn[nH]1. The molecule has 0 aliphatic carbocycles. The number of ether oxygens (including phenoxy) is 1. The van der Waals surface area contributed by atoms with E-state index in [0.717, 1.165) is 0 Å². The van der Waals surface area contributed by atoms with Gasteiger partial charge in [-0.3, -0.25) is 9.89 Å². The summed E-state index contributed by atoms with van der Waals surface area (Å²) in [5.41, 5.74) is 5.70. The van der Waals surface area contributed by atoms with E-state index in [1.165, 1.54) is 13.4 Å². The van der Waals surface area contributed by atoms with E-state index < -0.39 is 0 Å². The summed E-state index contributed by atoms with van der Waals surface area (Å²) in [7, 11) is 1.35. The Hall–Kier alpha value is -1.43. The molecule has 72 valence electrons. The van der Waals surface area contributed by atoms with Gasteiger partial charge in [0, 0.05) is 6.42 Å². The number of methoxy groups -OCH3 is 1. The molecule has 6 nitrogen and oxygen atoms in total. The molecule has 0 aliphatic rings. The lowest BCUT2D eigenvalue weighted by Crippen LogP contribution is -2.14. The minimum absolute atomic E-state index is 0.269. The highest BCUT2D eigenvalue weighted by Gasteiger charge is 2.11. The molecule has 0 saturated carbocycles. The van der Waals surface area contributed by atoms with Crippen LogP contribution >= 0.6 is 0 Å². The fourth-order valence-electron chi connectivity index (χ4n) is 0.906. The molecule has 0 saturated heterocycles. The molecular formula is C7H12N4O2. The van der Waals surface area contributed by atoms with Gasteiger partial charge in [0.25, 0.3) is 0 Å². The monoisotopic (exact) mass is 184 g/mol. The maximum Gasteiger partial charge on any atom is 0.305 e. The van der Waals surface area contributed by atoms with Crippen molar-refractivity contribution in [1.82, 2.24) is 15.2 Å². The smallest absolute Gasteiger partial charge is 0.305 e. The van der Waals surface area contributed by atoms with Crippen LogP contribution in [0.2, 0.25) is 0 Å². The summed E-state index contributed by atoms with van der Waals surface area (Å²) < 4.78 is 4.48. The molecule has 1 heterocycles. The van der Waals surface area contributed by atoms with Gasteiger partial charge < -0.3 is 10.5 Å². The van der Waals surface area contributed by atoms with Crippen LogP contribution in [-0.4, -0.2) is 28.3 Å². The molecule has 1 atom stereocenters. The summed E-state index contributed by atoms with van der Waals surface area (Å²) in [6.45, 7) is 0. The van der Waals surface area contributed by atoms with Gasteiger partial charge in [-0.2, -0.15) is 5.10 Å². The largest absolute Gasteiger partial charge is 0.469 e. The number of aromatic nitrogens is 3. The lowest BCUT2D eigenvalue weighted by molar-refractivity contribution is -0.140. The van der Waals surface area contributed by atoms with Crippen LogP contribution in [0.25, 0.3) is 0 Å². The van der Waals surface area contributed by atoms with Crippen molar-refractivity contribution in [3.63, 3.8) is 0 Å². The molecule has 1 rings (SSSR count). The van der Waals surface area contributed by atoms with Crippen LogP contribution < -0.4 is 5.73 Å². The zero-order valence-electron chi connectivity index (χ0n) is 7.36. The van der Waals surface area contributed by atoms with E-state index in [1.807, 2.05) is 0 Å². The Kier molecular flexibility index (Phi) is 3.39. The first-order valence-corrected chi connectivity index (χ1v) is 3.91. The fourth-order valence-corrected chi connectivity index (χ4v) is 0.906. The number of nitrogens with one attached hydrogen (secondary N) is 1. The van der Waals surface area contributed by atoms with Crippen LogP contribution in [-0.2, 0) is 9.53 Å². The molecule has 0 aromatic carbocycles. The summed E-state index contributed by atoms with van der Waals surface area (Å²) in [5.74, 6) is 0.318. The molecule has 0 aliphatic heterocycles. The molecule has 1 unspecified atom stereocenters. The Bertz CT molecular complexity index is 259. The van der Waals surface area contributed by atoms with Crippen LogP contribution in [0, 0.1) is 0 Å². The van der Waals surface area contributed by atoms with Gasteiger partial charge in [-0.15, -0.1) is 0 Å². The first-order chi connectivity index (χ1) is 6.24. The molecule has 6 heteroatoms. The Labute approximate surface area is 75.5 Å². The lowest BCUT2D eigenvalue weighted by Gasteiger charge is -2.05. The zero-order valence-corrected chi connectivity index (χ0v) is 7.36. The number of H-pyrrole nitrogens is 1. The van der Waals surface area contributed by atoms with Crippen molar-refractivity contribution in [3.8, 4) is 0 Å². The predicted molar refractivity (Wildman–Crippen MR) is 44.6 cm³/mol. The number of carbonyl (C=O) groups is 1. The summed E-state index contributed by atoms with van der Waals surface area (Å²) >= 11 is 0. The number of esters is 1. The van der Waals surface area contributed by atoms with E-state index in [0.29, 0.717) is 18.7 Å². The number of nitrogens with zero attached hydrogens (tertiary/aromatic N) is 2. The van der Waals surface area contributed by atoms with Crippen molar-refractivity contribution in [2.24, 2.45) is 5.73 Å². The Morgan fingerprint density at radius 2 is 2.62 bits per heavy atom. The topological polar surface area (TPSA) is 93.9 Å². The normalized spacial score (nSPS) is 12.5. The van der Waals surface area contributed by atoms with Crippen molar-refractivity contribution < 1.29 is 9.53 Å². The molecule has 13 heavy (non-hydrogen) atoms. The zero-order chi connectivity index (χ0) is 9.68. The molecule has 1 aromatic heterocycles. The molecule has 0 bridgehead atoms. The second-order valence-corrected chi connectivity index (χ2v) is 2.59. The Morgan fingerprint density at radius 3 is 3.15 bits per heavy atom. The fraction of sp³-hybridized carbons (Fsp3) is 0.571. The third kappa shape index (κ3) is 2.83. The maximum atomic E-state index is 10.8. The van der Waals surface area contributed by atoms with Gasteiger partial charge in [0.15, 0.2) is 0 Å². The Balaban J connectivity index is 2.34. The highest BCUT2D eigenvalue weighted by atomic mass is 16.5. The van der Waals surface area contributed by atoms with Gasteiger partial charge in [-0.05, 0) is 6.42 Å². The van der Waals surface area contributed by atoms with Crippen molar-refractivity contribution in [2.45, 2.75) is 18.9 Å². The first-order valence-electron chi connectivity index (χ1n) is 3.91. The van der Waals surface area contributed by atoms with E-state index in [-0.39, 0.29) is 12.0 Å². The minimum atomic E-state index is -0.290. The van der Waals surface area contributed by atoms with Gasteiger partial charge >= 0.3 is 5.97 Å². The van der Waals surface area contributed by atoms with Crippen LogP contribution in [0.5, 0.6) is 0 Å². The van der Waals surface area contributed by atoms with Gasteiger partial charge in [0.1, 0.15) is 12.2 Å². The lowest BCUT2D eigenvalue weighted by atomic mass is 10.1. The standard InChI is InChI=1S/C7H12N4O2/c1-13-6(12)3-2-5(8)7-9-4-10-11-7/h4-5H,2-3,8H2,1H3,(H,9,10,11). The van der Waals surface area contributed by atoms with Gasteiger partial charge in [0.05, 0.1) is 13.2 Å². The number of nitrogens with two attached hydrogens (primary N) is 1. The second-order valence-electron chi connectivity index (χ2n) is 2.59. The first kappa shape index (κ1) is 9.66. The average Bonchev–Trinajstić information content (AvgIpc) is 2.66. The van der Waals surface area contributed by atoms with Gasteiger partial charge in [-0.25, -0.2) is 4.98 Å². The van der Waals surface area contributed by atoms with Gasteiger partial charge in [-0.1, -0.05) is 0 Å². The minimum Gasteiger partial charge on any atom is -0.469 e. The summed E-state index contributed by atoms with van der Waals surface area (Å²) in [6.07, 6.45) is 2.17. The van der Waals surface area contributed by atoms with Crippen LogP contribution in [0.1, 0.15) is 24.7 Å². The van der Waals surface area contributed by atoms with Crippen LogP contribution in [0.3, 0.4) is 0 Å².